The number of nitrogens with zero attached hydrogens (tertiary/aromatic N) is 5. The van der Waals surface area contributed by atoms with Crippen LogP contribution >= 0.6 is 11.3 Å². The summed E-state index contributed by atoms with van der Waals surface area (Å²) in [4.78, 5) is 20.8. The van der Waals surface area contributed by atoms with Crippen LogP contribution in [0, 0.1) is 0 Å². The molecule has 0 saturated heterocycles. The van der Waals surface area contributed by atoms with Crippen molar-refractivity contribution in [2.45, 2.75) is 19.5 Å². The lowest BCUT2D eigenvalue weighted by Crippen LogP contribution is -2.30. The fourth-order valence-electron chi connectivity index (χ4n) is 3.61. The molecule has 7 heteroatoms. The number of thiazole rings is 1. The molecule has 0 spiro atoms. The molecule has 3 aromatic heterocycles. The maximum Gasteiger partial charge on any atom is 0.160 e. The quantitative estimate of drug-likeness (QED) is 0.486. The van der Waals surface area contributed by atoms with Crippen LogP contribution in [0.15, 0.2) is 60.4 Å². The van der Waals surface area contributed by atoms with E-state index in [1.54, 1.807) is 30.8 Å². The summed E-state index contributed by atoms with van der Waals surface area (Å²) in [5.74, 6) is 1.61. The van der Waals surface area contributed by atoms with E-state index in [4.69, 9.17) is 14.7 Å². The number of hydrogen-bond acceptors (Lipinski definition) is 7. The maximum atomic E-state index is 5.23. The molecule has 6 nitrogen and oxygen atoms in total. The first kappa shape index (κ1) is 18.8. The third-order valence-corrected chi connectivity index (χ3v) is 6.06. The standard InChI is InChI=1S/C23H21N5OS/c1-29-19-6-4-16(5-7-19)21-15-30-22(26-21)14-28-10-8-20-18(13-28)12-25-23(27-20)17-3-2-9-24-11-17/h2-7,9,11-12,15H,8,10,13-14H2,1H3. The summed E-state index contributed by atoms with van der Waals surface area (Å²) in [5.41, 5.74) is 5.41. The van der Waals surface area contributed by atoms with Gasteiger partial charge in [-0.3, -0.25) is 9.88 Å². The van der Waals surface area contributed by atoms with Crippen molar-refractivity contribution in [2.24, 2.45) is 0 Å². The summed E-state index contributed by atoms with van der Waals surface area (Å²) in [6, 6.07) is 11.9. The van der Waals surface area contributed by atoms with Gasteiger partial charge in [-0.2, -0.15) is 0 Å². The number of fused-ring (bicyclic) bond motifs is 1. The zero-order valence-electron chi connectivity index (χ0n) is 16.7. The van der Waals surface area contributed by atoms with Crippen molar-refractivity contribution in [3.8, 4) is 28.4 Å². The van der Waals surface area contributed by atoms with Gasteiger partial charge in [0, 0.05) is 60.2 Å². The minimum absolute atomic E-state index is 0.749. The molecule has 0 radical (unpaired) electrons. The van der Waals surface area contributed by atoms with E-state index in [1.807, 2.05) is 42.6 Å². The van der Waals surface area contributed by atoms with Gasteiger partial charge in [0.05, 0.1) is 25.0 Å². The molecule has 4 heterocycles. The van der Waals surface area contributed by atoms with E-state index < -0.39 is 0 Å². The molecular formula is C23H21N5OS. The molecule has 150 valence electrons. The van der Waals surface area contributed by atoms with Crippen LogP contribution in [-0.2, 0) is 19.5 Å². The Balaban J connectivity index is 1.27. The molecule has 0 bridgehead atoms. The molecule has 0 amide bonds. The average Bonchev–Trinajstić information content (AvgIpc) is 3.28. The van der Waals surface area contributed by atoms with Gasteiger partial charge in [0.2, 0.25) is 0 Å². The van der Waals surface area contributed by atoms with E-state index in [-0.39, 0.29) is 0 Å². The SMILES string of the molecule is COc1ccc(-c2csc(CN3CCc4nc(-c5cccnc5)ncc4C3)n2)cc1. The summed E-state index contributed by atoms with van der Waals surface area (Å²) in [6.45, 7) is 2.65. The van der Waals surface area contributed by atoms with E-state index in [1.165, 1.54) is 5.56 Å². The minimum atomic E-state index is 0.749. The fraction of sp³-hybridized carbons (Fsp3) is 0.217. The van der Waals surface area contributed by atoms with Crippen molar-refractivity contribution in [3.05, 3.63) is 76.6 Å². The highest BCUT2D eigenvalue weighted by Gasteiger charge is 2.20. The molecule has 0 saturated carbocycles. The Morgan fingerprint density at radius 2 is 1.97 bits per heavy atom. The Morgan fingerprint density at radius 3 is 2.77 bits per heavy atom. The van der Waals surface area contributed by atoms with Crippen molar-refractivity contribution < 1.29 is 4.74 Å². The third kappa shape index (κ3) is 3.94. The topological polar surface area (TPSA) is 64.0 Å². The lowest BCUT2D eigenvalue weighted by Gasteiger charge is -2.27. The second kappa shape index (κ2) is 8.30. The zero-order valence-corrected chi connectivity index (χ0v) is 17.5. The molecule has 1 aliphatic heterocycles. The number of methoxy groups -OCH3 is 1. The monoisotopic (exact) mass is 415 g/mol. The van der Waals surface area contributed by atoms with Crippen molar-refractivity contribution in [1.82, 2.24) is 24.8 Å². The van der Waals surface area contributed by atoms with Crippen LogP contribution in [0.4, 0.5) is 0 Å². The van der Waals surface area contributed by atoms with Crippen LogP contribution in [0.25, 0.3) is 22.6 Å². The Bertz CT molecular complexity index is 1140. The molecule has 4 aromatic rings. The number of ether oxygens (including phenoxy) is 1. The number of pyridine rings is 1. The Hall–Kier alpha value is -3.16. The van der Waals surface area contributed by atoms with Gasteiger partial charge in [0.1, 0.15) is 10.8 Å². The molecule has 1 aliphatic rings. The van der Waals surface area contributed by atoms with E-state index in [0.717, 1.165) is 65.2 Å². The number of aromatic nitrogens is 4. The number of rotatable bonds is 5. The Morgan fingerprint density at radius 1 is 1.07 bits per heavy atom. The first-order valence-electron chi connectivity index (χ1n) is 9.85. The van der Waals surface area contributed by atoms with Gasteiger partial charge in [0.25, 0.3) is 0 Å². The van der Waals surface area contributed by atoms with Crippen LogP contribution in [0.1, 0.15) is 16.3 Å². The molecule has 0 fully saturated rings. The Kier molecular flexibility index (Phi) is 5.21. The highest BCUT2D eigenvalue weighted by molar-refractivity contribution is 7.09. The predicted molar refractivity (Wildman–Crippen MR) is 117 cm³/mol. The first-order valence-corrected chi connectivity index (χ1v) is 10.7. The molecule has 0 unspecified atom stereocenters. The number of hydrogen-bond donors (Lipinski definition) is 0. The molecule has 0 N–H and O–H groups in total. The lowest BCUT2D eigenvalue weighted by atomic mass is 10.1. The zero-order chi connectivity index (χ0) is 20.3. The van der Waals surface area contributed by atoms with Crippen molar-refractivity contribution in [2.75, 3.05) is 13.7 Å². The normalized spacial score (nSPS) is 13.8. The predicted octanol–water partition coefficient (Wildman–Crippen LogP) is 4.23. The fourth-order valence-corrected chi connectivity index (χ4v) is 4.46. The molecule has 0 aliphatic carbocycles. The van der Waals surface area contributed by atoms with Gasteiger partial charge in [-0.25, -0.2) is 15.0 Å². The van der Waals surface area contributed by atoms with Gasteiger partial charge >= 0.3 is 0 Å². The molecule has 30 heavy (non-hydrogen) atoms. The summed E-state index contributed by atoms with van der Waals surface area (Å²) in [5, 5.41) is 3.25. The van der Waals surface area contributed by atoms with E-state index in [0.29, 0.717) is 0 Å². The van der Waals surface area contributed by atoms with Crippen LogP contribution in [0.3, 0.4) is 0 Å². The molecule has 5 rings (SSSR count). The van der Waals surface area contributed by atoms with Crippen LogP contribution in [0.5, 0.6) is 5.75 Å². The molecule has 0 atom stereocenters. The highest BCUT2D eigenvalue weighted by atomic mass is 32.1. The molecular weight excluding hydrogens is 394 g/mol. The third-order valence-electron chi connectivity index (χ3n) is 5.23. The smallest absolute Gasteiger partial charge is 0.160 e. The van der Waals surface area contributed by atoms with Gasteiger partial charge in [0.15, 0.2) is 5.82 Å². The second-order valence-electron chi connectivity index (χ2n) is 7.22. The van der Waals surface area contributed by atoms with Crippen molar-refractivity contribution >= 4 is 11.3 Å². The van der Waals surface area contributed by atoms with Crippen molar-refractivity contribution in [1.29, 1.82) is 0 Å². The van der Waals surface area contributed by atoms with E-state index in [2.05, 4.69) is 20.2 Å². The van der Waals surface area contributed by atoms with Crippen LogP contribution in [0.2, 0.25) is 0 Å². The number of benzene rings is 1. The maximum absolute atomic E-state index is 5.23. The molecule has 1 aromatic carbocycles. The van der Waals surface area contributed by atoms with Gasteiger partial charge in [-0.05, 0) is 36.4 Å². The van der Waals surface area contributed by atoms with Crippen LogP contribution < -0.4 is 4.74 Å². The summed E-state index contributed by atoms with van der Waals surface area (Å²) in [7, 11) is 1.68. The summed E-state index contributed by atoms with van der Waals surface area (Å²) >= 11 is 1.71. The summed E-state index contributed by atoms with van der Waals surface area (Å²) < 4.78 is 5.23. The van der Waals surface area contributed by atoms with Gasteiger partial charge in [-0.15, -0.1) is 11.3 Å². The lowest BCUT2D eigenvalue weighted by molar-refractivity contribution is 0.242. The van der Waals surface area contributed by atoms with Crippen molar-refractivity contribution in [3.63, 3.8) is 0 Å². The highest BCUT2D eigenvalue weighted by Crippen LogP contribution is 2.26. The van der Waals surface area contributed by atoms with Gasteiger partial charge < -0.3 is 4.74 Å². The van der Waals surface area contributed by atoms with Gasteiger partial charge in [-0.1, -0.05) is 0 Å². The second-order valence-corrected chi connectivity index (χ2v) is 8.17. The minimum Gasteiger partial charge on any atom is -0.497 e. The van der Waals surface area contributed by atoms with E-state index in [9.17, 15) is 0 Å². The summed E-state index contributed by atoms with van der Waals surface area (Å²) in [6.07, 6.45) is 6.45. The Labute approximate surface area is 179 Å². The first-order chi connectivity index (χ1) is 14.8. The average molecular weight is 416 g/mol. The largest absolute Gasteiger partial charge is 0.497 e. The van der Waals surface area contributed by atoms with E-state index >= 15 is 0 Å². The van der Waals surface area contributed by atoms with Crippen LogP contribution in [-0.4, -0.2) is 38.5 Å².